The first-order valence-corrected chi connectivity index (χ1v) is 6.80. The molecule has 3 rings (SSSR count). The molecule has 4 nitrogen and oxygen atoms in total. The second kappa shape index (κ2) is 5.65. The lowest BCUT2D eigenvalue weighted by Gasteiger charge is -2.07. The number of fused-ring (bicyclic) bond motifs is 1. The summed E-state index contributed by atoms with van der Waals surface area (Å²) in [6.07, 6.45) is 7.27. The summed E-state index contributed by atoms with van der Waals surface area (Å²) in [4.78, 5) is 15.1. The van der Waals surface area contributed by atoms with E-state index in [4.69, 9.17) is 0 Å². The molecule has 0 aliphatic rings. The van der Waals surface area contributed by atoms with Crippen molar-refractivity contribution in [3.05, 3.63) is 55.0 Å². The van der Waals surface area contributed by atoms with Crippen molar-refractivity contribution in [2.24, 2.45) is 0 Å². The molecule has 0 bridgehead atoms. The highest BCUT2D eigenvalue weighted by Crippen LogP contribution is 2.22. The molecule has 0 fully saturated rings. The second-order valence-corrected chi connectivity index (χ2v) is 4.82. The van der Waals surface area contributed by atoms with Crippen LogP contribution in [-0.4, -0.2) is 15.5 Å². The van der Waals surface area contributed by atoms with Crippen LogP contribution in [0, 0.1) is 0 Å². The van der Waals surface area contributed by atoms with Crippen molar-refractivity contribution in [2.75, 3.05) is 5.32 Å². The lowest BCUT2D eigenvalue weighted by Crippen LogP contribution is -2.12. The molecule has 1 amide bonds. The summed E-state index contributed by atoms with van der Waals surface area (Å²) in [6, 6.07) is 11.8. The number of aromatic nitrogens is 2. The standard InChI is InChI=1S/C16H17N3O/c20-16(7-4-12-19-10-1-2-11-19)18-15-6-3-5-14-13(15)8-9-17-14/h1-3,5-6,8-11,17H,4,7,12H2,(H,18,20). The van der Waals surface area contributed by atoms with Gasteiger partial charge in [0, 0.05) is 42.5 Å². The lowest BCUT2D eigenvalue weighted by molar-refractivity contribution is -0.116. The fraction of sp³-hybridized carbons (Fsp3) is 0.188. The van der Waals surface area contributed by atoms with Crippen molar-refractivity contribution in [2.45, 2.75) is 19.4 Å². The number of hydrogen-bond acceptors (Lipinski definition) is 1. The number of nitrogens with one attached hydrogen (secondary N) is 2. The molecule has 3 aromatic rings. The van der Waals surface area contributed by atoms with Crippen LogP contribution in [0.25, 0.3) is 10.9 Å². The van der Waals surface area contributed by atoms with Crippen LogP contribution in [0.1, 0.15) is 12.8 Å². The maximum Gasteiger partial charge on any atom is 0.224 e. The molecule has 0 saturated heterocycles. The average molecular weight is 267 g/mol. The van der Waals surface area contributed by atoms with Crippen LogP contribution in [-0.2, 0) is 11.3 Å². The molecule has 0 saturated carbocycles. The molecule has 2 heterocycles. The normalized spacial score (nSPS) is 10.8. The Morgan fingerprint density at radius 1 is 1.15 bits per heavy atom. The third-order valence-corrected chi connectivity index (χ3v) is 3.36. The number of amides is 1. The van der Waals surface area contributed by atoms with Gasteiger partial charge in [-0.05, 0) is 36.8 Å². The minimum Gasteiger partial charge on any atom is -0.361 e. The van der Waals surface area contributed by atoms with Gasteiger partial charge in [-0.1, -0.05) is 6.07 Å². The zero-order valence-electron chi connectivity index (χ0n) is 11.2. The van der Waals surface area contributed by atoms with Crippen LogP contribution in [0.3, 0.4) is 0 Å². The van der Waals surface area contributed by atoms with Gasteiger partial charge in [0.1, 0.15) is 0 Å². The first-order valence-electron chi connectivity index (χ1n) is 6.80. The highest BCUT2D eigenvalue weighted by atomic mass is 16.1. The van der Waals surface area contributed by atoms with E-state index in [-0.39, 0.29) is 5.91 Å². The van der Waals surface area contributed by atoms with Crippen molar-refractivity contribution in [3.63, 3.8) is 0 Å². The highest BCUT2D eigenvalue weighted by molar-refractivity contribution is 6.01. The molecule has 0 aliphatic carbocycles. The minimum atomic E-state index is 0.0610. The largest absolute Gasteiger partial charge is 0.361 e. The molecule has 4 heteroatoms. The topological polar surface area (TPSA) is 49.8 Å². The van der Waals surface area contributed by atoms with Gasteiger partial charge >= 0.3 is 0 Å². The predicted octanol–water partition coefficient (Wildman–Crippen LogP) is 3.39. The molecule has 2 N–H and O–H groups in total. The Balaban J connectivity index is 1.57. The number of aryl methyl sites for hydroxylation is 1. The zero-order chi connectivity index (χ0) is 13.8. The average Bonchev–Trinajstić information content (AvgIpc) is 3.09. The number of hydrogen-bond donors (Lipinski definition) is 2. The van der Waals surface area contributed by atoms with E-state index < -0.39 is 0 Å². The third-order valence-electron chi connectivity index (χ3n) is 3.36. The summed E-state index contributed by atoms with van der Waals surface area (Å²) in [7, 11) is 0. The van der Waals surface area contributed by atoms with Crippen molar-refractivity contribution in [1.29, 1.82) is 0 Å². The molecule has 0 atom stereocenters. The van der Waals surface area contributed by atoms with Crippen LogP contribution < -0.4 is 5.32 Å². The lowest BCUT2D eigenvalue weighted by atomic mass is 10.2. The van der Waals surface area contributed by atoms with Crippen LogP contribution in [0.5, 0.6) is 0 Å². The van der Waals surface area contributed by atoms with Gasteiger partial charge in [0.2, 0.25) is 5.91 Å². The first kappa shape index (κ1) is 12.5. The molecule has 0 aliphatic heterocycles. The summed E-state index contributed by atoms with van der Waals surface area (Å²) >= 11 is 0. The molecule has 0 spiro atoms. The molecule has 0 radical (unpaired) electrons. The van der Waals surface area contributed by atoms with Crippen LogP contribution in [0.15, 0.2) is 55.0 Å². The summed E-state index contributed by atoms with van der Waals surface area (Å²) < 4.78 is 2.08. The Morgan fingerprint density at radius 2 is 2.00 bits per heavy atom. The molecular formula is C16H17N3O. The number of anilines is 1. The minimum absolute atomic E-state index is 0.0610. The van der Waals surface area contributed by atoms with E-state index in [1.807, 2.05) is 55.0 Å². The summed E-state index contributed by atoms with van der Waals surface area (Å²) in [6.45, 7) is 0.870. The molecule has 2 aromatic heterocycles. The highest BCUT2D eigenvalue weighted by Gasteiger charge is 2.06. The van der Waals surface area contributed by atoms with Crippen LogP contribution >= 0.6 is 0 Å². The number of nitrogens with zero attached hydrogens (tertiary/aromatic N) is 1. The zero-order valence-corrected chi connectivity index (χ0v) is 11.2. The van der Waals surface area contributed by atoms with Gasteiger partial charge < -0.3 is 14.9 Å². The van der Waals surface area contributed by atoms with E-state index in [9.17, 15) is 4.79 Å². The van der Waals surface area contributed by atoms with Gasteiger partial charge in [-0.2, -0.15) is 0 Å². The monoisotopic (exact) mass is 267 g/mol. The molecule has 102 valence electrons. The van der Waals surface area contributed by atoms with Gasteiger partial charge in [0.15, 0.2) is 0 Å². The van der Waals surface area contributed by atoms with E-state index in [1.54, 1.807) is 0 Å². The van der Waals surface area contributed by atoms with Crippen molar-refractivity contribution < 1.29 is 4.79 Å². The summed E-state index contributed by atoms with van der Waals surface area (Å²) in [5.41, 5.74) is 1.91. The van der Waals surface area contributed by atoms with Crippen molar-refractivity contribution >= 4 is 22.5 Å². The second-order valence-electron chi connectivity index (χ2n) is 4.82. The number of H-pyrrole nitrogens is 1. The number of aromatic amines is 1. The van der Waals surface area contributed by atoms with Gasteiger partial charge in [-0.15, -0.1) is 0 Å². The van der Waals surface area contributed by atoms with Crippen LogP contribution in [0.4, 0.5) is 5.69 Å². The van der Waals surface area contributed by atoms with Gasteiger partial charge in [-0.25, -0.2) is 0 Å². The predicted molar refractivity (Wildman–Crippen MR) is 80.6 cm³/mol. The molecular weight excluding hydrogens is 250 g/mol. The van der Waals surface area contributed by atoms with Crippen molar-refractivity contribution in [3.8, 4) is 0 Å². The third kappa shape index (κ3) is 2.74. The van der Waals surface area contributed by atoms with Gasteiger partial charge in [0.25, 0.3) is 0 Å². The quantitative estimate of drug-likeness (QED) is 0.731. The Morgan fingerprint density at radius 3 is 2.85 bits per heavy atom. The number of benzene rings is 1. The van der Waals surface area contributed by atoms with Crippen LogP contribution in [0.2, 0.25) is 0 Å². The fourth-order valence-corrected chi connectivity index (χ4v) is 2.35. The Bertz CT molecular complexity index is 697. The molecule has 1 aromatic carbocycles. The summed E-state index contributed by atoms with van der Waals surface area (Å²) in [5.74, 6) is 0.0610. The van der Waals surface area contributed by atoms with Crippen molar-refractivity contribution in [1.82, 2.24) is 9.55 Å². The van der Waals surface area contributed by atoms with E-state index >= 15 is 0 Å². The number of carbonyl (C=O) groups is 1. The first-order chi connectivity index (χ1) is 9.83. The van der Waals surface area contributed by atoms with Gasteiger partial charge in [0.05, 0.1) is 5.69 Å². The SMILES string of the molecule is O=C(CCCn1cccc1)Nc1cccc2[nH]ccc12. The smallest absolute Gasteiger partial charge is 0.224 e. The van der Waals surface area contributed by atoms with E-state index in [1.165, 1.54) is 0 Å². The fourth-order valence-electron chi connectivity index (χ4n) is 2.35. The Hall–Kier alpha value is -2.49. The number of carbonyl (C=O) groups excluding carboxylic acids is 1. The summed E-state index contributed by atoms with van der Waals surface area (Å²) in [5, 5.41) is 4.03. The Kier molecular flexibility index (Phi) is 3.54. The number of rotatable bonds is 5. The van der Waals surface area contributed by atoms with E-state index in [2.05, 4.69) is 14.9 Å². The van der Waals surface area contributed by atoms with E-state index in [0.717, 1.165) is 29.6 Å². The maximum atomic E-state index is 12.0. The molecule has 20 heavy (non-hydrogen) atoms. The van der Waals surface area contributed by atoms with E-state index in [0.29, 0.717) is 6.42 Å². The molecule has 0 unspecified atom stereocenters. The van der Waals surface area contributed by atoms with Gasteiger partial charge in [-0.3, -0.25) is 4.79 Å². The Labute approximate surface area is 117 Å². The maximum absolute atomic E-state index is 12.0.